The van der Waals surface area contributed by atoms with Gasteiger partial charge < -0.3 is 9.64 Å². The van der Waals surface area contributed by atoms with Crippen molar-refractivity contribution >= 4 is 16.5 Å². The Balaban J connectivity index is 1.47. The maximum absolute atomic E-state index is 12.0. The summed E-state index contributed by atoms with van der Waals surface area (Å²) in [5.74, 6) is 0.635. The number of hydrogen-bond acceptors (Lipinski definition) is 4. The van der Waals surface area contributed by atoms with E-state index in [1.54, 1.807) is 0 Å². The third-order valence-electron chi connectivity index (χ3n) is 4.29. The van der Waals surface area contributed by atoms with Crippen molar-refractivity contribution in [1.29, 1.82) is 0 Å². The SMILES string of the molecule is CN1CS(=O)c2cc(CCCCN3CCOCC3)ccc21. The van der Waals surface area contributed by atoms with Gasteiger partial charge in [0.05, 0.1) is 40.5 Å². The quantitative estimate of drug-likeness (QED) is 0.777. The number of aryl methyl sites for hydroxylation is 1. The number of unbranched alkanes of at least 4 members (excludes halogenated alkanes) is 1. The molecule has 2 aliphatic rings. The minimum atomic E-state index is -0.846. The Labute approximate surface area is 129 Å². The molecule has 21 heavy (non-hydrogen) atoms. The number of anilines is 1. The number of fused-ring (bicyclic) bond motifs is 1. The Kier molecular flexibility index (Phi) is 4.93. The highest BCUT2D eigenvalue weighted by molar-refractivity contribution is 7.85. The maximum atomic E-state index is 12.0. The number of hydrogen-bond donors (Lipinski definition) is 0. The number of benzene rings is 1. The van der Waals surface area contributed by atoms with E-state index in [-0.39, 0.29) is 0 Å². The van der Waals surface area contributed by atoms with Crippen LogP contribution in [0.25, 0.3) is 0 Å². The van der Waals surface area contributed by atoms with Gasteiger partial charge in [0.2, 0.25) is 0 Å². The number of ether oxygens (including phenoxy) is 1. The van der Waals surface area contributed by atoms with Crippen LogP contribution in [0.4, 0.5) is 5.69 Å². The van der Waals surface area contributed by atoms with E-state index in [9.17, 15) is 4.21 Å². The fourth-order valence-corrected chi connectivity index (χ4v) is 4.39. The molecule has 1 atom stereocenters. The first-order valence-electron chi connectivity index (χ1n) is 7.76. The molecule has 0 bridgehead atoms. The fraction of sp³-hybridized carbons (Fsp3) is 0.625. The summed E-state index contributed by atoms with van der Waals surface area (Å²) in [6.45, 7) is 5.08. The maximum Gasteiger partial charge on any atom is 0.0982 e. The molecule has 5 heteroatoms. The second-order valence-corrected chi connectivity index (χ2v) is 7.27. The van der Waals surface area contributed by atoms with E-state index >= 15 is 0 Å². The number of nitrogens with zero attached hydrogens (tertiary/aromatic N) is 2. The molecule has 0 aromatic heterocycles. The Morgan fingerprint density at radius 2 is 2.05 bits per heavy atom. The van der Waals surface area contributed by atoms with Crippen LogP contribution in [0.1, 0.15) is 18.4 Å². The summed E-state index contributed by atoms with van der Waals surface area (Å²) in [5.41, 5.74) is 2.45. The van der Waals surface area contributed by atoms with E-state index in [1.807, 2.05) is 7.05 Å². The van der Waals surface area contributed by atoms with E-state index in [0.29, 0.717) is 5.88 Å². The number of rotatable bonds is 5. The minimum absolute atomic E-state index is 0.635. The predicted molar refractivity (Wildman–Crippen MR) is 86.3 cm³/mol. The highest BCUT2D eigenvalue weighted by Gasteiger charge is 2.22. The third kappa shape index (κ3) is 3.65. The van der Waals surface area contributed by atoms with Crippen LogP contribution in [0.5, 0.6) is 0 Å². The summed E-state index contributed by atoms with van der Waals surface area (Å²) >= 11 is 0. The van der Waals surface area contributed by atoms with Crippen molar-refractivity contribution in [3.05, 3.63) is 23.8 Å². The smallest absolute Gasteiger partial charge is 0.0982 e. The van der Waals surface area contributed by atoms with Crippen LogP contribution in [0.2, 0.25) is 0 Å². The molecular weight excluding hydrogens is 284 g/mol. The monoisotopic (exact) mass is 308 g/mol. The molecule has 4 nitrogen and oxygen atoms in total. The van der Waals surface area contributed by atoms with Gasteiger partial charge in [-0.3, -0.25) is 9.11 Å². The third-order valence-corrected chi connectivity index (χ3v) is 5.72. The van der Waals surface area contributed by atoms with Crippen LogP contribution < -0.4 is 4.90 Å². The van der Waals surface area contributed by atoms with Crippen LogP contribution >= 0.6 is 0 Å². The highest BCUT2D eigenvalue weighted by Crippen LogP contribution is 2.31. The van der Waals surface area contributed by atoms with Crippen molar-refractivity contribution < 1.29 is 8.95 Å². The molecule has 116 valence electrons. The molecule has 0 radical (unpaired) electrons. The first kappa shape index (κ1) is 15.0. The second-order valence-electron chi connectivity index (χ2n) is 5.89. The lowest BCUT2D eigenvalue weighted by molar-refractivity contribution is 0.0372. The lowest BCUT2D eigenvalue weighted by Gasteiger charge is -2.26. The molecule has 1 aromatic carbocycles. The zero-order valence-electron chi connectivity index (χ0n) is 12.7. The van der Waals surface area contributed by atoms with Gasteiger partial charge in [-0.1, -0.05) is 6.07 Å². The van der Waals surface area contributed by atoms with Crippen molar-refractivity contribution in [1.82, 2.24) is 4.90 Å². The zero-order chi connectivity index (χ0) is 14.7. The van der Waals surface area contributed by atoms with E-state index < -0.39 is 10.8 Å². The first-order valence-corrected chi connectivity index (χ1v) is 9.08. The van der Waals surface area contributed by atoms with Gasteiger partial charge in [-0.15, -0.1) is 0 Å². The molecular formula is C16H24N2O2S. The van der Waals surface area contributed by atoms with E-state index in [1.165, 1.54) is 24.9 Å². The van der Waals surface area contributed by atoms with Gasteiger partial charge >= 0.3 is 0 Å². The summed E-state index contributed by atoms with van der Waals surface area (Å²) in [6.07, 6.45) is 3.50. The molecule has 1 fully saturated rings. The zero-order valence-corrected chi connectivity index (χ0v) is 13.5. The molecule has 0 saturated carbocycles. The molecule has 1 unspecified atom stereocenters. The standard InChI is InChI=1S/C16H24N2O2S/c1-17-13-21(19)16-12-14(5-6-15(16)17)4-2-3-7-18-8-10-20-11-9-18/h5-6,12H,2-4,7-11,13H2,1H3. The molecule has 0 N–H and O–H groups in total. The van der Waals surface area contributed by atoms with Gasteiger partial charge in [0.25, 0.3) is 0 Å². The Bertz CT molecular complexity index is 515. The fourth-order valence-electron chi connectivity index (χ4n) is 3.02. The summed E-state index contributed by atoms with van der Waals surface area (Å²) in [6, 6.07) is 6.45. The van der Waals surface area contributed by atoms with Crippen molar-refractivity contribution in [3.63, 3.8) is 0 Å². The van der Waals surface area contributed by atoms with Crippen molar-refractivity contribution in [2.75, 3.05) is 50.7 Å². The van der Waals surface area contributed by atoms with Gasteiger partial charge in [-0.25, -0.2) is 0 Å². The molecule has 1 aromatic rings. The largest absolute Gasteiger partial charge is 0.379 e. The van der Waals surface area contributed by atoms with Crippen LogP contribution in [0.15, 0.2) is 23.1 Å². The van der Waals surface area contributed by atoms with Crippen molar-refractivity contribution in [2.45, 2.75) is 24.2 Å². The molecule has 0 spiro atoms. The Hall–Kier alpha value is -0.910. The van der Waals surface area contributed by atoms with Crippen molar-refractivity contribution in [2.24, 2.45) is 0 Å². The lowest BCUT2D eigenvalue weighted by atomic mass is 10.1. The predicted octanol–water partition coefficient (Wildman–Crippen LogP) is 1.86. The Morgan fingerprint density at radius 3 is 2.86 bits per heavy atom. The second kappa shape index (κ2) is 6.90. The number of morpholine rings is 1. The van der Waals surface area contributed by atoms with Crippen LogP contribution in [0.3, 0.4) is 0 Å². The summed E-state index contributed by atoms with van der Waals surface area (Å²) < 4.78 is 17.4. The minimum Gasteiger partial charge on any atom is -0.379 e. The highest BCUT2D eigenvalue weighted by atomic mass is 32.2. The molecule has 2 aliphatic heterocycles. The summed E-state index contributed by atoms with van der Waals surface area (Å²) in [7, 11) is 1.16. The van der Waals surface area contributed by atoms with Gasteiger partial charge in [0.15, 0.2) is 0 Å². The molecule has 1 saturated heterocycles. The summed E-state index contributed by atoms with van der Waals surface area (Å²) in [5, 5.41) is 0. The topological polar surface area (TPSA) is 32.8 Å². The van der Waals surface area contributed by atoms with E-state index in [2.05, 4.69) is 28.0 Å². The normalized spacial score (nSPS) is 22.5. The van der Waals surface area contributed by atoms with Crippen LogP contribution in [-0.4, -0.2) is 54.9 Å². The Morgan fingerprint density at radius 1 is 1.24 bits per heavy atom. The molecule has 0 amide bonds. The lowest BCUT2D eigenvalue weighted by Crippen LogP contribution is -2.36. The van der Waals surface area contributed by atoms with Gasteiger partial charge in [0.1, 0.15) is 0 Å². The van der Waals surface area contributed by atoms with E-state index in [4.69, 9.17) is 4.74 Å². The molecule has 0 aliphatic carbocycles. The average Bonchev–Trinajstić information content (AvgIpc) is 2.79. The van der Waals surface area contributed by atoms with Crippen LogP contribution in [0, 0.1) is 0 Å². The van der Waals surface area contributed by atoms with Crippen molar-refractivity contribution in [3.8, 4) is 0 Å². The summed E-state index contributed by atoms with van der Waals surface area (Å²) in [4.78, 5) is 5.58. The van der Waals surface area contributed by atoms with E-state index in [0.717, 1.165) is 43.3 Å². The van der Waals surface area contributed by atoms with Gasteiger partial charge in [-0.05, 0) is 43.5 Å². The van der Waals surface area contributed by atoms with Gasteiger partial charge in [-0.2, -0.15) is 0 Å². The average molecular weight is 308 g/mol. The van der Waals surface area contributed by atoms with Crippen LogP contribution in [-0.2, 0) is 22.0 Å². The first-order chi connectivity index (χ1) is 10.2. The van der Waals surface area contributed by atoms with Gasteiger partial charge in [0, 0.05) is 20.1 Å². The molecule has 2 heterocycles. The molecule has 3 rings (SSSR count).